The van der Waals surface area contributed by atoms with Crippen molar-refractivity contribution in [3.05, 3.63) is 29.3 Å². The van der Waals surface area contributed by atoms with Gasteiger partial charge in [-0.25, -0.2) is 0 Å². The van der Waals surface area contributed by atoms with Crippen molar-refractivity contribution in [2.45, 2.75) is 33.3 Å². The first kappa shape index (κ1) is 15.0. The van der Waals surface area contributed by atoms with E-state index in [0.29, 0.717) is 12.5 Å². The van der Waals surface area contributed by atoms with E-state index in [9.17, 15) is 5.11 Å². The third-order valence-electron chi connectivity index (χ3n) is 3.27. The van der Waals surface area contributed by atoms with Crippen LogP contribution in [0.25, 0.3) is 0 Å². The van der Waals surface area contributed by atoms with Crippen LogP contribution in [-0.4, -0.2) is 25.3 Å². The standard InChI is InChI=1S/C15H25NO2/c1-5-11(2)9-16-10-14(17)13-8-12(3)6-7-15(13)18-4/h6-8,11,14,16-17H,5,9-10H2,1-4H3. The second-order valence-corrected chi connectivity index (χ2v) is 4.93. The van der Waals surface area contributed by atoms with E-state index in [1.807, 2.05) is 25.1 Å². The van der Waals surface area contributed by atoms with Crippen molar-refractivity contribution in [1.29, 1.82) is 0 Å². The lowest BCUT2D eigenvalue weighted by Crippen LogP contribution is -2.26. The van der Waals surface area contributed by atoms with Gasteiger partial charge in [-0.2, -0.15) is 0 Å². The molecule has 3 nitrogen and oxygen atoms in total. The number of hydrogen-bond acceptors (Lipinski definition) is 3. The molecule has 102 valence electrons. The van der Waals surface area contributed by atoms with Crippen LogP contribution in [0.1, 0.15) is 37.5 Å². The second-order valence-electron chi connectivity index (χ2n) is 4.93. The van der Waals surface area contributed by atoms with Gasteiger partial charge in [0, 0.05) is 12.1 Å². The van der Waals surface area contributed by atoms with Crippen LogP contribution in [0.3, 0.4) is 0 Å². The maximum Gasteiger partial charge on any atom is 0.124 e. The molecule has 0 aromatic heterocycles. The molecule has 1 aromatic carbocycles. The molecule has 2 unspecified atom stereocenters. The summed E-state index contributed by atoms with van der Waals surface area (Å²) in [6, 6.07) is 5.87. The minimum atomic E-state index is -0.524. The third-order valence-corrected chi connectivity index (χ3v) is 3.27. The van der Waals surface area contributed by atoms with Gasteiger partial charge in [-0.1, -0.05) is 31.9 Å². The third kappa shape index (κ3) is 4.31. The average molecular weight is 251 g/mol. The highest BCUT2D eigenvalue weighted by atomic mass is 16.5. The Morgan fingerprint density at radius 1 is 1.33 bits per heavy atom. The first-order valence-corrected chi connectivity index (χ1v) is 6.61. The fourth-order valence-electron chi connectivity index (χ4n) is 1.83. The van der Waals surface area contributed by atoms with Crippen LogP contribution >= 0.6 is 0 Å². The summed E-state index contributed by atoms with van der Waals surface area (Å²) in [7, 11) is 1.63. The number of hydrogen-bond donors (Lipinski definition) is 2. The molecule has 0 bridgehead atoms. The quantitative estimate of drug-likeness (QED) is 0.783. The Balaban J connectivity index is 2.60. The summed E-state index contributed by atoms with van der Waals surface area (Å²) < 4.78 is 5.28. The van der Waals surface area contributed by atoms with Gasteiger partial charge < -0.3 is 15.2 Å². The molecular weight excluding hydrogens is 226 g/mol. The van der Waals surface area contributed by atoms with Crippen LogP contribution in [0.15, 0.2) is 18.2 Å². The molecule has 0 aliphatic rings. The Kier molecular flexibility index (Phi) is 6.16. The first-order valence-electron chi connectivity index (χ1n) is 6.61. The predicted octanol–water partition coefficient (Wildman–Crippen LogP) is 2.67. The zero-order valence-corrected chi connectivity index (χ0v) is 11.9. The molecule has 0 heterocycles. The van der Waals surface area contributed by atoms with Gasteiger partial charge in [-0.05, 0) is 31.5 Å². The second kappa shape index (κ2) is 7.39. The Bertz CT molecular complexity index is 366. The maximum atomic E-state index is 10.2. The molecule has 0 spiro atoms. The molecule has 0 amide bonds. The molecule has 2 N–H and O–H groups in total. The molecule has 0 fully saturated rings. The zero-order chi connectivity index (χ0) is 13.5. The van der Waals surface area contributed by atoms with E-state index in [1.54, 1.807) is 7.11 Å². The van der Waals surface area contributed by atoms with Gasteiger partial charge >= 0.3 is 0 Å². The van der Waals surface area contributed by atoms with Gasteiger partial charge in [0.25, 0.3) is 0 Å². The van der Waals surface area contributed by atoms with Crippen LogP contribution in [0.2, 0.25) is 0 Å². The highest BCUT2D eigenvalue weighted by molar-refractivity contribution is 5.38. The summed E-state index contributed by atoms with van der Waals surface area (Å²) in [5.41, 5.74) is 1.99. The van der Waals surface area contributed by atoms with Gasteiger partial charge in [0.15, 0.2) is 0 Å². The fraction of sp³-hybridized carbons (Fsp3) is 0.600. The van der Waals surface area contributed by atoms with Crippen LogP contribution in [0.5, 0.6) is 5.75 Å². The predicted molar refractivity (Wildman–Crippen MR) is 75.0 cm³/mol. The molecule has 0 aliphatic carbocycles. The van der Waals surface area contributed by atoms with Crippen LogP contribution in [-0.2, 0) is 0 Å². The smallest absolute Gasteiger partial charge is 0.124 e. The number of aliphatic hydroxyl groups excluding tert-OH is 1. The molecule has 2 atom stereocenters. The van der Waals surface area contributed by atoms with Crippen LogP contribution < -0.4 is 10.1 Å². The number of aliphatic hydroxyl groups is 1. The average Bonchev–Trinajstić information content (AvgIpc) is 2.38. The molecule has 0 aliphatic heterocycles. The minimum Gasteiger partial charge on any atom is -0.496 e. The number of benzene rings is 1. The molecule has 18 heavy (non-hydrogen) atoms. The monoisotopic (exact) mass is 251 g/mol. The van der Waals surface area contributed by atoms with E-state index < -0.39 is 6.10 Å². The highest BCUT2D eigenvalue weighted by Gasteiger charge is 2.13. The lowest BCUT2D eigenvalue weighted by Gasteiger charge is -2.17. The van der Waals surface area contributed by atoms with Gasteiger partial charge in [-0.3, -0.25) is 0 Å². The maximum absolute atomic E-state index is 10.2. The molecule has 0 saturated heterocycles. The molecule has 3 heteroatoms. The van der Waals surface area contributed by atoms with Gasteiger partial charge in [0.1, 0.15) is 5.75 Å². The SMILES string of the molecule is CCC(C)CNCC(O)c1cc(C)ccc1OC. The molecular formula is C15H25NO2. The topological polar surface area (TPSA) is 41.5 Å². The molecule has 1 aromatic rings. The van der Waals surface area contributed by atoms with Gasteiger partial charge in [0.2, 0.25) is 0 Å². The summed E-state index contributed by atoms with van der Waals surface area (Å²) in [6.45, 7) is 7.88. The number of aryl methyl sites for hydroxylation is 1. The lowest BCUT2D eigenvalue weighted by molar-refractivity contribution is 0.169. The van der Waals surface area contributed by atoms with Gasteiger partial charge in [-0.15, -0.1) is 0 Å². The summed E-state index contributed by atoms with van der Waals surface area (Å²) in [5.74, 6) is 1.38. The summed E-state index contributed by atoms with van der Waals surface area (Å²) in [5, 5.41) is 13.5. The van der Waals surface area contributed by atoms with E-state index in [2.05, 4.69) is 19.2 Å². The molecule has 0 radical (unpaired) electrons. The zero-order valence-electron chi connectivity index (χ0n) is 11.9. The van der Waals surface area contributed by atoms with Crippen molar-refractivity contribution in [3.8, 4) is 5.75 Å². The lowest BCUT2D eigenvalue weighted by atomic mass is 10.0. The highest BCUT2D eigenvalue weighted by Crippen LogP contribution is 2.25. The number of methoxy groups -OCH3 is 1. The van der Waals surface area contributed by atoms with Crippen molar-refractivity contribution >= 4 is 0 Å². The van der Waals surface area contributed by atoms with E-state index in [1.165, 1.54) is 0 Å². The van der Waals surface area contributed by atoms with Crippen molar-refractivity contribution in [2.75, 3.05) is 20.2 Å². The van der Waals surface area contributed by atoms with E-state index in [0.717, 1.165) is 29.8 Å². The van der Waals surface area contributed by atoms with Crippen molar-refractivity contribution < 1.29 is 9.84 Å². The largest absolute Gasteiger partial charge is 0.496 e. The van der Waals surface area contributed by atoms with E-state index in [-0.39, 0.29) is 0 Å². The van der Waals surface area contributed by atoms with E-state index in [4.69, 9.17) is 4.74 Å². The summed E-state index contributed by atoms with van der Waals surface area (Å²) in [4.78, 5) is 0. The molecule has 0 saturated carbocycles. The normalized spacial score (nSPS) is 14.3. The summed E-state index contributed by atoms with van der Waals surface area (Å²) >= 11 is 0. The van der Waals surface area contributed by atoms with Crippen molar-refractivity contribution in [1.82, 2.24) is 5.32 Å². The Hall–Kier alpha value is -1.06. The van der Waals surface area contributed by atoms with Crippen LogP contribution in [0.4, 0.5) is 0 Å². The van der Waals surface area contributed by atoms with Gasteiger partial charge in [0.05, 0.1) is 13.2 Å². The van der Waals surface area contributed by atoms with Crippen molar-refractivity contribution in [3.63, 3.8) is 0 Å². The number of ether oxygens (including phenoxy) is 1. The Labute approximate surface area is 110 Å². The van der Waals surface area contributed by atoms with Crippen LogP contribution in [0, 0.1) is 12.8 Å². The van der Waals surface area contributed by atoms with E-state index >= 15 is 0 Å². The number of rotatable bonds is 7. The molecule has 1 rings (SSSR count). The van der Waals surface area contributed by atoms with Crippen molar-refractivity contribution in [2.24, 2.45) is 5.92 Å². The number of nitrogens with one attached hydrogen (secondary N) is 1. The first-order chi connectivity index (χ1) is 8.58. The minimum absolute atomic E-state index is 0.524. The Morgan fingerprint density at radius 2 is 2.06 bits per heavy atom. The summed E-state index contributed by atoms with van der Waals surface area (Å²) in [6.07, 6.45) is 0.626. The fourth-order valence-corrected chi connectivity index (χ4v) is 1.83. The Morgan fingerprint density at radius 3 is 2.67 bits per heavy atom.